The van der Waals surface area contributed by atoms with Gasteiger partial charge in [-0.1, -0.05) is 35.9 Å². The van der Waals surface area contributed by atoms with Crippen LogP contribution in [0.25, 0.3) is 10.8 Å². The lowest BCUT2D eigenvalue weighted by Gasteiger charge is -2.17. The SMILES string of the molecule is Cc1ccc(Cl)cc1C(N)c1cccc2ccncc12. The van der Waals surface area contributed by atoms with Crippen molar-refractivity contribution in [2.45, 2.75) is 13.0 Å². The molecule has 3 rings (SSSR count). The van der Waals surface area contributed by atoms with Gasteiger partial charge in [-0.05, 0) is 47.2 Å². The average Bonchev–Trinajstić information content (AvgIpc) is 2.48. The Labute approximate surface area is 123 Å². The van der Waals surface area contributed by atoms with Gasteiger partial charge in [-0.15, -0.1) is 0 Å². The number of rotatable bonds is 2. The van der Waals surface area contributed by atoms with Gasteiger partial charge in [0.1, 0.15) is 0 Å². The van der Waals surface area contributed by atoms with Gasteiger partial charge in [0.05, 0.1) is 6.04 Å². The summed E-state index contributed by atoms with van der Waals surface area (Å²) in [6.45, 7) is 2.05. The molecule has 0 saturated carbocycles. The smallest absolute Gasteiger partial charge is 0.0561 e. The van der Waals surface area contributed by atoms with Crippen molar-refractivity contribution in [3.8, 4) is 0 Å². The Balaban J connectivity index is 2.17. The molecule has 100 valence electrons. The number of hydrogen-bond acceptors (Lipinski definition) is 2. The van der Waals surface area contributed by atoms with E-state index >= 15 is 0 Å². The Morgan fingerprint density at radius 1 is 1.10 bits per heavy atom. The van der Waals surface area contributed by atoms with Gasteiger partial charge in [0.2, 0.25) is 0 Å². The molecule has 0 saturated heterocycles. The lowest BCUT2D eigenvalue weighted by molar-refractivity contribution is 0.870. The normalized spacial score (nSPS) is 12.6. The molecule has 3 aromatic rings. The van der Waals surface area contributed by atoms with Crippen molar-refractivity contribution in [3.05, 3.63) is 76.6 Å². The van der Waals surface area contributed by atoms with Gasteiger partial charge in [-0.2, -0.15) is 0 Å². The Morgan fingerprint density at radius 3 is 2.80 bits per heavy atom. The van der Waals surface area contributed by atoms with E-state index in [0.717, 1.165) is 27.5 Å². The van der Waals surface area contributed by atoms with Crippen LogP contribution in [0, 0.1) is 6.92 Å². The molecule has 0 aliphatic heterocycles. The third kappa shape index (κ3) is 2.28. The third-order valence-corrected chi connectivity index (χ3v) is 3.86. The van der Waals surface area contributed by atoms with Crippen molar-refractivity contribution in [2.24, 2.45) is 5.73 Å². The zero-order valence-electron chi connectivity index (χ0n) is 11.2. The van der Waals surface area contributed by atoms with E-state index in [2.05, 4.69) is 24.0 Å². The molecular weight excluding hydrogens is 268 g/mol. The number of aryl methyl sites for hydroxylation is 1. The highest BCUT2D eigenvalue weighted by molar-refractivity contribution is 6.30. The van der Waals surface area contributed by atoms with Crippen molar-refractivity contribution in [3.63, 3.8) is 0 Å². The first-order valence-corrected chi connectivity index (χ1v) is 6.89. The molecule has 0 amide bonds. The Hall–Kier alpha value is -1.90. The van der Waals surface area contributed by atoms with Crippen molar-refractivity contribution in [1.82, 2.24) is 4.98 Å². The highest BCUT2D eigenvalue weighted by atomic mass is 35.5. The van der Waals surface area contributed by atoms with Crippen LogP contribution in [-0.2, 0) is 0 Å². The molecule has 2 N–H and O–H groups in total. The number of aromatic nitrogens is 1. The number of halogens is 1. The molecule has 1 unspecified atom stereocenters. The standard InChI is InChI=1S/C17H15ClN2/c1-11-5-6-13(18)9-15(11)17(19)14-4-2-3-12-7-8-20-10-16(12)14/h2-10,17H,19H2,1H3. The zero-order chi connectivity index (χ0) is 14.1. The zero-order valence-corrected chi connectivity index (χ0v) is 11.9. The van der Waals surface area contributed by atoms with Crippen LogP contribution < -0.4 is 5.73 Å². The molecule has 3 heteroatoms. The fourth-order valence-corrected chi connectivity index (χ4v) is 2.70. The Morgan fingerprint density at radius 2 is 1.95 bits per heavy atom. The first-order chi connectivity index (χ1) is 9.66. The quantitative estimate of drug-likeness (QED) is 0.763. The number of nitrogens with zero attached hydrogens (tertiary/aromatic N) is 1. The maximum atomic E-state index is 6.47. The van der Waals surface area contributed by atoms with E-state index in [1.54, 1.807) is 6.20 Å². The molecule has 0 bridgehead atoms. The molecule has 2 nitrogen and oxygen atoms in total. The maximum Gasteiger partial charge on any atom is 0.0561 e. The van der Waals surface area contributed by atoms with E-state index in [4.69, 9.17) is 17.3 Å². The van der Waals surface area contributed by atoms with E-state index in [1.807, 2.05) is 36.5 Å². The Kier molecular flexibility index (Phi) is 3.43. The van der Waals surface area contributed by atoms with Crippen LogP contribution in [0.15, 0.2) is 54.9 Å². The van der Waals surface area contributed by atoms with Gasteiger partial charge in [0, 0.05) is 22.8 Å². The van der Waals surface area contributed by atoms with Crippen LogP contribution in [0.5, 0.6) is 0 Å². The van der Waals surface area contributed by atoms with Gasteiger partial charge >= 0.3 is 0 Å². The molecule has 0 aliphatic carbocycles. The summed E-state index contributed by atoms with van der Waals surface area (Å²) in [6, 6.07) is 13.8. The number of nitrogens with two attached hydrogens (primary N) is 1. The summed E-state index contributed by atoms with van der Waals surface area (Å²) >= 11 is 6.10. The molecule has 0 aliphatic rings. The van der Waals surface area contributed by atoms with Gasteiger partial charge in [-0.25, -0.2) is 0 Å². The van der Waals surface area contributed by atoms with Crippen LogP contribution in [0.3, 0.4) is 0 Å². The van der Waals surface area contributed by atoms with Crippen molar-refractivity contribution in [1.29, 1.82) is 0 Å². The molecule has 1 heterocycles. The predicted molar refractivity (Wildman–Crippen MR) is 84.0 cm³/mol. The van der Waals surface area contributed by atoms with Crippen LogP contribution in [0.2, 0.25) is 5.02 Å². The molecule has 0 fully saturated rings. The Bertz CT molecular complexity index is 763. The summed E-state index contributed by atoms with van der Waals surface area (Å²) < 4.78 is 0. The van der Waals surface area contributed by atoms with Crippen LogP contribution in [0.4, 0.5) is 0 Å². The summed E-state index contributed by atoms with van der Waals surface area (Å²) in [7, 11) is 0. The summed E-state index contributed by atoms with van der Waals surface area (Å²) in [4.78, 5) is 4.21. The van der Waals surface area contributed by atoms with E-state index in [-0.39, 0.29) is 6.04 Å². The minimum atomic E-state index is -0.207. The van der Waals surface area contributed by atoms with Gasteiger partial charge < -0.3 is 5.73 Å². The first kappa shape index (κ1) is 13.1. The fraction of sp³-hybridized carbons (Fsp3) is 0.118. The molecule has 1 atom stereocenters. The second-order valence-corrected chi connectivity index (χ2v) is 5.36. The van der Waals surface area contributed by atoms with Crippen LogP contribution in [0.1, 0.15) is 22.7 Å². The third-order valence-electron chi connectivity index (χ3n) is 3.63. The maximum absolute atomic E-state index is 6.47. The van der Waals surface area contributed by atoms with E-state index in [9.17, 15) is 0 Å². The predicted octanol–water partition coefficient (Wildman–Crippen LogP) is 4.24. The topological polar surface area (TPSA) is 38.9 Å². The minimum absolute atomic E-state index is 0.207. The summed E-state index contributed by atoms with van der Waals surface area (Å²) in [6.07, 6.45) is 3.66. The lowest BCUT2D eigenvalue weighted by Crippen LogP contribution is -2.13. The number of pyridine rings is 1. The lowest BCUT2D eigenvalue weighted by atomic mass is 9.93. The van der Waals surface area contributed by atoms with E-state index in [1.165, 1.54) is 0 Å². The summed E-state index contributed by atoms with van der Waals surface area (Å²) in [5.41, 5.74) is 9.73. The van der Waals surface area contributed by atoms with Crippen LogP contribution in [-0.4, -0.2) is 4.98 Å². The molecular formula is C17H15ClN2. The largest absolute Gasteiger partial charge is 0.320 e. The van der Waals surface area contributed by atoms with Crippen molar-refractivity contribution in [2.75, 3.05) is 0 Å². The highest BCUT2D eigenvalue weighted by Gasteiger charge is 2.14. The molecule has 2 aromatic carbocycles. The second-order valence-electron chi connectivity index (χ2n) is 4.92. The fourth-order valence-electron chi connectivity index (χ4n) is 2.52. The van der Waals surface area contributed by atoms with Gasteiger partial charge in [-0.3, -0.25) is 4.98 Å². The van der Waals surface area contributed by atoms with Gasteiger partial charge in [0.15, 0.2) is 0 Å². The molecule has 20 heavy (non-hydrogen) atoms. The van der Waals surface area contributed by atoms with E-state index < -0.39 is 0 Å². The second kappa shape index (κ2) is 5.23. The summed E-state index contributed by atoms with van der Waals surface area (Å²) in [5.74, 6) is 0. The van der Waals surface area contributed by atoms with Crippen molar-refractivity contribution >= 4 is 22.4 Å². The highest BCUT2D eigenvalue weighted by Crippen LogP contribution is 2.29. The average molecular weight is 283 g/mol. The molecule has 0 radical (unpaired) electrons. The van der Waals surface area contributed by atoms with E-state index in [0.29, 0.717) is 5.02 Å². The molecule has 0 spiro atoms. The summed E-state index contributed by atoms with van der Waals surface area (Å²) in [5, 5.41) is 2.94. The van der Waals surface area contributed by atoms with Gasteiger partial charge in [0.25, 0.3) is 0 Å². The van der Waals surface area contributed by atoms with Crippen LogP contribution >= 0.6 is 11.6 Å². The number of benzene rings is 2. The monoisotopic (exact) mass is 282 g/mol. The number of hydrogen-bond donors (Lipinski definition) is 1. The number of fused-ring (bicyclic) bond motifs is 1. The molecule has 1 aromatic heterocycles. The van der Waals surface area contributed by atoms with Crippen molar-refractivity contribution < 1.29 is 0 Å². The minimum Gasteiger partial charge on any atom is -0.320 e. The first-order valence-electron chi connectivity index (χ1n) is 6.51.